The number of nitrogens with zero attached hydrogens (tertiary/aromatic N) is 2. The maximum atomic E-state index is 12.7. The summed E-state index contributed by atoms with van der Waals surface area (Å²) >= 11 is 0. The van der Waals surface area contributed by atoms with Crippen LogP contribution in [0.2, 0.25) is 0 Å². The van der Waals surface area contributed by atoms with Crippen molar-refractivity contribution in [3.63, 3.8) is 0 Å². The van der Waals surface area contributed by atoms with Gasteiger partial charge in [-0.15, -0.1) is 0 Å². The van der Waals surface area contributed by atoms with Crippen LogP contribution in [0.15, 0.2) is 18.3 Å². The number of hydrogen-bond acceptors (Lipinski definition) is 3. The minimum Gasteiger partial charge on any atom is -0.342 e. The maximum absolute atomic E-state index is 12.7. The third kappa shape index (κ3) is 3.06. The summed E-state index contributed by atoms with van der Waals surface area (Å²) in [5.74, 6) is -0.150. The molecule has 0 aromatic carbocycles. The summed E-state index contributed by atoms with van der Waals surface area (Å²) in [6, 6.07) is 2.86. The zero-order chi connectivity index (χ0) is 15.8. The van der Waals surface area contributed by atoms with E-state index in [4.69, 9.17) is 0 Å². The highest BCUT2D eigenvalue weighted by Gasteiger charge is 2.43. The summed E-state index contributed by atoms with van der Waals surface area (Å²) in [5, 5.41) is 2.84. The predicted octanol–water partition coefficient (Wildman–Crippen LogP) is 1.65. The molecule has 0 saturated carbocycles. The highest BCUT2D eigenvalue weighted by atomic mass is 16.2. The van der Waals surface area contributed by atoms with Crippen LogP contribution >= 0.6 is 0 Å². The van der Waals surface area contributed by atoms with Gasteiger partial charge < -0.3 is 10.2 Å². The van der Waals surface area contributed by atoms with Crippen molar-refractivity contribution in [3.05, 3.63) is 29.6 Å². The first-order valence-electron chi connectivity index (χ1n) is 7.23. The van der Waals surface area contributed by atoms with E-state index in [0.717, 1.165) is 11.3 Å². The van der Waals surface area contributed by atoms with E-state index in [1.807, 2.05) is 39.8 Å². The van der Waals surface area contributed by atoms with E-state index in [0.29, 0.717) is 6.54 Å². The van der Waals surface area contributed by atoms with Crippen molar-refractivity contribution in [1.29, 1.82) is 0 Å². The average Bonchev–Trinajstić information content (AvgIpc) is 2.39. The molecule has 1 aromatic heterocycles. The molecule has 1 saturated heterocycles. The molecule has 1 fully saturated rings. The summed E-state index contributed by atoms with van der Waals surface area (Å²) in [4.78, 5) is 30.8. The van der Waals surface area contributed by atoms with E-state index in [2.05, 4.69) is 10.3 Å². The highest BCUT2D eigenvalue weighted by molar-refractivity contribution is 5.97. The second kappa shape index (κ2) is 5.47. The van der Waals surface area contributed by atoms with Crippen LogP contribution in [-0.4, -0.2) is 33.8 Å². The first-order valence-corrected chi connectivity index (χ1v) is 7.23. The smallest absolute Gasteiger partial charge is 0.246 e. The Balaban J connectivity index is 2.30. The van der Waals surface area contributed by atoms with Gasteiger partial charge in [0.1, 0.15) is 12.1 Å². The molecule has 1 aliphatic rings. The number of carbonyl (C=O) groups is 2. The second-order valence-corrected chi connectivity index (χ2v) is 6.72. The zero-order valence-corrected chi connectivity index (χ0v) is 13.3. The van der Waals surface area contributed by atoms with E-state index in [-0.39, 0.29) is 17.2 Å². The highest BCUT2D eigenvalue weighted by Crippen LogP contribution is 2.26. The monoisotopic (exact) mass is 289 g/mol. The fraction of sp³-hybridized carbons (Fsp3) is 0.562. The minimum absolute atomic E-state index is 0.0420. The number of nitrogens with one attached hydrogen (secondary N) is 1. The van der Waals surface area contributed by atoms with Gasteiger partial charge in [0.15, 0.2) is 0 Å². The molecule has 1 aromatic rings. The largest absolute Gasteiger partial charge is 0.342 e. The van der Waals surface area contributed by atoms with Gasteiger partial charge in [0.05, 0.1) is 12.2 Å². The van der Waals surface area contributed by atoms with Crippen molar-refractivity contribution < 1.29 is 9.59 Å². The number of aryl methyl sites for hydroxylation is 1. The van der Waals surface area contributed by atoms with Crippen LogP contribution in [0.1, 0.15) is 39.0 Å². The van der Waals surface area contributed by atoms with E-state index < -0.39 is 12.1 Å². The summed E-state index contributed by atoms with van der Waals surface area (Å²) < 4.78 is 0. The average molecular weight is 289 g/mol. The van der Waals surface area contributed by atoms with Crippen molar-refractivity contribution in [3.8, 4) is 0 Å². The van der Waals surface area contributed by atoms with Crippen molar-refractivity contribution in [2.75, 3.05) is 0 Å². The van der Waals surface area contributed by atoms with Crippen molar-refractivity contribution >= 4 is 11.8 Å². The molecule has 5 heteroatoms. The molecule has 5 nitrogen and oxygen atoms in total. The van der Waals surface area contributed by atoms with Crippen LogP contribution in [-0.2, 0) is 16.1 Å². The van der Waals surface area contributed by atoms with Crippen LogP contribution in [0.25, 0.3) is 0 Å². The molecule has 0 aliphatic carbocycles. The van der Waals surface area contributed by atoms with Gasteiger partial charge in [-0.1, -0.05) is 26.8 Å². The molecule has 0 spiro atoms. The van der Waals surface area contributed by atoms with E-state index in [1.165, 1.54) is 0 Å². The molecule has 1 aliphatic heterocycles. The zero-order valence-electron chi connectivity index (χ0n) is 13.3. The number of hydrogen-bond donors (Lipinski definition) is 1. The Hall–Kier alpha value is -1.91. The van der Waals surface area contributed by atoms with Gasteiger partial charge >= 0.3 is 0 Å². The predicted molar refractivity (Wildman–Crippen MR) is 80.4 cm³/mol. The van der Waals surface area contributed by atoms with Crippen LogP contribution < -0.4 is 5.32 Å². The fourth-order valence-electron chi connectivity index (χ4n) is 2.47. The molecule has 2 amide bonds. The molecule has 2 atom stereocenters. The molecule has 0 bridgehead atoms. The topological polar surface area (TPSA) is 62.3 Å². The molecule has 1 N–H and O–H groups in total. The molecule has 2 unspecified atom stereocenters. The van der Waals surface area contributed by atoms with E-state index >= 15 is 0 Å². The Morgan fingerprint density at radius 3 is 2.57 bits per heavy atom. The first kappa shape index (κ1) is 15.5. The number of pyridine rings is 1. The molecule has 0 radical (unpaired) electrons. The van der Waals surface area contributed by atoms with Gasteiger partial charge in [-0.3, -0.25) is 14.6 Å². The van der Waals surface area contributed by atoms with Gasteiger partial charge in [0, 0.05) is 6.20 Å². The summed E-state index contributed by atoms with van der Waals surface area (Å²) in [6.07, 6.45) is 1.71. The fourth-order valence-corrected chi connectivity index (χ4v) is 2.47. The first-order chi connectivity index (χ1) is 9.71. The lowest BCUT2D eigenvalue weighted by molar-refractivity contribution is -0.152. The third-order valence-corrected chi connectivity index (χ3v) is 3.97. The van der Waals surface area contributed by atoms with E-state index in [1.54, 1.807) is 18.0 Å². The van der Waals surface area contributed by atoms with Crippen LogP contribution in [0.5, 0.6) is 0 Å². The summed E-state index contributed by atoms with van der Waals surface area (Å²) in [6.45, 7) is 9.95. The quantitative estimate of drug-likeness (QED) is 0.900. The Kier molecular flexibility index (Phi) is 4.03. The normalized spacial score (nSPS) is 23.2. The lowest BCUT2D eigenvalue weighted by Crippen LogP contribution is -2.65. The Morgan fingerprint density at radius 2 is 2.00 bits per heavy atom. The summed E-state index contributed by atoms with van der Waals surface area (Å²) in [7, 11) is 0. The van der Waals surface area contributed by atoms with Crippen molar-refractivity contribution in [1.82, 2.24) is 15.2 Å². The van der Waals surface area contributed by atoms with Crippen molar-refractivity contribution in [2.24, 2.45) is 5.41 Å². The Morgan fingerprint density at radius 1 is 1.33 bits per heavy atom. The number of rotatable bonds is 2. The molecule has 2 heterocycles. The van der Waals surface area contributed by atoms with E-state index in [9.17, 15) is 9.59 Å². The lowest BCUT2D eigenvalue weighted by Gasteiger charge is -2.42. The third-order valence-electron chi connectivity index (χ3n) is 3.97. The summed E-state index contributed by atoms with van der Waals surface area (Å²) in [5.41, 5.74) is 1.54. The molecular weight excluding hydrogens is 266 g/mol. The van der Waals surface area contributed by atoms with Crippen LogP contribution in [0, 0.1) is 12.3 Å². The number of carbonyl (C=O) groups excluding carboxylic acids is 2. The Labute approximate surface area is 125 Å². The van der Waals surface area contributed by atoms with Crippen LogP contribution in [0.4, 0.5) is 0 Å². The lowest BCUT2D eigenvalue weighted by atomic mass is 9.84. The van der Waals surface area contributed by atoms with Gasteiger partial charge in [0.25, 0.3) is 0 Å². The van der Waals surface area contributed by atoms with Gasteiger partial charge in [0.2, 0.25) is 11.8 Å². The molecule has 21 heavy (non-hydrogen) atoms. The number of amides is 2. The minimum atomic E-state index is -0.495. The SMILES string of the molecule is Cc1cccnc1CN1C(=O)C(C(C)(C)C)NC(=O)C1C. The Bertz CT molecular complexity index is 563. The van der Waals surface area contributed by atoms with Gasteiger partial charge in [-0.05, 0) is 30.9 Å². The molecule has 2 rings (SSSR count). The maximum Gasteiger partial charge on any atom is 0.246 e. The standard InChI is InChI=1S/C16H23N3O2/c1-10-7-6-8-17-12(10)9-19-11(2)14(20)18-13(15(19)21)16(3,4)5/h6-8,11,13H,9H2,1-5H3,(H,18,20). The van der Waals surface area contributed by atoms with Crippen molar-refractivity contribution in [2.45, 2.75) is 53.2 Å². The second-order valence-electron chi connectivity index (χ2n) is 6.72. The van der Waals surface area contributed by atoms with Gasteiger partial charge in [-0.2, -0.15) is 0 Å². The van der Waals surface area contributed by atoms with Gasteiger partial charge in [-0.25, -0.2) is 0 Å². The number of aromatic nitrogens is 1. The molecular formula is C16H23N3O2. The van der Waals surface area contributed by atoms with Crippen LogP contribution in [0.3, 0.4) is 0 Å². The number of piperazine rings is 1. The molecule has 114 valence electrons.